The highest BCUT2D eigenvalue weighted by Crippen LogP contribution is 2.07. The molecule has 1 fully saturated rings. The largest absolute Gasteiger partial charge is 0.353 e. The van der Waals surface area contributed by atoms with E-state index >= 15 is 0 Å². The second-order valence-electron chi connectivity index (χ2n) is 4.81. The Morgan fingerprint density at radius 1 is 0.833 bits per heavy atom. The van der Waals surface area contributed by atoms with Gasteiger partial charge in [-0.05, 0) is 26.8 Å². The summed E-state index contributed by atoms with van der Waals surface area (Å²) in [6.07, 6.45) is 2.22. The van der Waals surface area contributed by atoms with Gasteiger partial charge in [-0.1, -0.05) is 6.92 Å². The molecule has 0 aromatic heterocycles. The van der Waals surface area contributed by atoms with E-state index in [0.29, 0.717) is 0 Å². The summed E-state index contributed by atoms with van der Waals surface area (Å²) in [5.74, 6) is 0. The molecule has 4 nitrogen and oxygen atoms in total. The molecule has 0 atom stereocenters. The average Bonchev–Trinajstić information content (AvgIpc) is 2.38. The normalized spacial score (nSPS) is 18.7. The fraction of sp³-hybridized carbons (Fsp3) is 1.00. The Balaban J connectivity index is 2.15. The summed E-state index contributed by atoms with van der Waals surface area (Å²) in [4.78, 5) is 5.08. The fourth-order valence-corrected chi connectivity index (χ4v) is 2.43. The maximum absolute atomic E-state index is 5.57. The predicted octanol–water partition coefficient (Wildman–Crippen LogP) is 1.80. The minimum absolute atomic E-state index is 0.0197. The first-order valence-electron chi connectivity index (χ1n) is 7.48. The molecule has 1 rings (SSSR count). The Hall–Kier alpha value is -0.160. The molecule has 0 aromatic rings. The SMILES string of the molecule is CCCN1CCN(CCC(OCC)OCC)CC1. The summed E-state index contributed by atoms with van der Waals surface area (Å²) in [7, 11) is 0. The van der Waals surface area contributed by atoms with Gasteiger partial charge in [0.05, 0.1) is 0 Å². The third kappa shape index (κ3) is 6.14. The molecule has 1 heterocycles. The van der Waals surface area contributed by atoms with Crippen molar-refractivity contribution in [2.45, 2.75) is 39.9 Å². The van der Waals surface area contributed by atoms with Gasteiger partial charge in [0, 0.05) is 52.4 Å². The number of hydrogen-bond donors (Lipinski definition) is 0. The Kier molecular flexibility index (Phi) is 8.59. The quantitative estimate of drug-likeness (QED) is 0.589. The van der Waals surface area contributed by atoms with Crippen molar-refractivity contribution in [1.82, 2.24) is 9.80 Å². The van der Waals surface area contributed by atoms with Crippen molar-refractivity contribution in [1.29, 1.82) is 0 Å². The zero-order chi connectivity index (χ0) is 13.2. The van der Waals surface area contributed by atoms with Crippen molar-refractivity contribution in [3.63, 3.8) is 0 Å². The molecule has 0 aromatic carbocycles. The summed E-state index contributed by atoms with van der Waals surface area (Å²) in [6, 6.07) is 0. The Morgan fingerprint density at radius 2 is 1.33 bits per heavy atom. The first kappa shape index (κ1) is 15.9. The van der Waals surface area contributed by atoms with Gasteiger partial charge in [-0.2, -0.15) is 0 Å². The van der Waals surface area contributed by atoms with Crippen LogP contribution in [0.15, 0.2) is 0 Å². The van der Waals surface area contributed by atoms with E-state index in [4.69, 9.17) is 9.47 Å². The molecule has 0 radical (unpaired) electrons. The van der Waals surface area contributed by atoms with E-state index in [1.807, 2.05) is 13.8 Å². The van der Waals surface area contributed by atoms with Crippen molar-refractivity contribution in [3.8, 4) is 0 Å². The van der Waals surface area contributed by atoms with E-state index in [1.165, 1.54) is 39.1 Å². The molecule has 1 aliphatic heterocycles. The molecule has 0 N–H and O–H groups in total. The van der Waals surface area contributed by atoms with Crippen LogP contribution in [0.4, 0.5) is 0 Å². The standard InChI is InChI=1S/C14H30N2O2/c1-4-8-15-10-12-16(13-11-15)9-7-14(17-5-2)18-6-3/h14H,4-13H2,1-3H3. The lowest BCUT2D eigenvalue weighted by atomic mass is 10.2. The maximum atomic E-state index is 5.57. The molecule has 1 saturated heterocycles. The van der Waals surface area contributed by atoms with E-state index in [9.17, 15) is 0 Å². The molecule has 4 heteroatoms. The highest BCUT2D eigenvalue weighted by Gasteiger charge is 2.17. The Bertz CT molecular complexity index is 188. The molecule has 18 heavy (non-hydrogen) atoms. The van der Waals surface area contributed by atoms with Gasteiger partial charge in [0.1, 0.15) is 0 Å². The van der Waals surface area contributed by atoms with Crippen molar-refractivity contribution in [3.05, 3.63) is 0 Å². The second-order valence-corrected chi connectivity index (χ2v) is 4.81. The Morgan fingerprint density at radius 3 is 1.78 bits per heavy atom. The lowest BCUT2D eigenvalue weighted by Gasteiger charge is -2.35. The number of ether oxygens (including phenoxy) is 2. The van der Waals surface area contributed by atoms with Crippen LogP contribution in [0.3, 0.4) is 0 Å². The van der Waals surface area contributed by atoms with Gasteiger partial charge in [0.25, 0.3) is 0 Å². The first-order valence-corrected chi connectivity index (χ1v) is 7.48. The van der Waals surface area contributed by atoms with Gasteiger partial charge in [0.2, 0.25) is 0 Å². The summed E-state index contributed by atoms with van der Waals surface area (Å²) < 4.78 is 11.1. The van der Waals surface area contributed by atoms with Crippen LogP contribution in [0.1, 0.15) is 33.6 Å². The molecule has 1 aliphatic rings. The van der Waals surface area contributed by atoms with Crippen LogP contribution in [-0.4, -0.2) is 68.6 Å². The van der Waals surface area contributed by atoms with Crippen LogP contribution in [0, 0.1) is 0 Å². The van der Waals surface area contributed by atoms with Gasteiger partial charge >= 0.3 is 0 Å². The zero-order valence-corrected chi connectivity index (χ0v) is 12.4. The molecule has 0 amide bonds. The minimum Gasteiger partial charge on any atom is -0.353 e. The smallest absolute Gasteiger partial charge is 0.158 e. The molecule has 0 bridgehead atoms. The van der Waals surface area contributed by atoms with Crippen LogP contribution in [0.5, 0.6) is 0 Å². The van der Waals surface area contributed by atoms with E-state index < -0.39 is 0 Å². The molecule has 0 unspecified atom stereocenters. The van der Waals surface area contributed by atoms with Gasteiger partial charge in [0.15, 0.2) is 6.29 Å². The lowest BCUT2D eigenvalue weighted by Crippen LogP contribution is -2.47. The lowest BCUT2D eigenvalue weighted by molar-refractivity contribution is -0.142. The average molecular weight is 258 g/mol. The highest BCUT2D eigenvalue weighted by molar-refractivity contribution is 4.71. The third-order valence-electron chi connectivity index (χ3n) is 3.39. The predicted molar refractivity (Wildman–Crippen MR) is 74.8 cm³/mol. The van der Waals surface area contributed by atoms with Crippen molar-refractivity contribution < 1.29 is 9.47 Å². The number of hydrogen-bond acceptors (Lipinski definition) is 4. The van der Waals surface area contributed by atoms with Gasteiger partial charge in [-0.15, -0.1) is 0 Å². The second kappa shape index (κ2) is 9.73. The Labute approximate surface area is 112 Å². The fourth-order valence-electron chi connectivity index (χ4n) is 2.43. The number of nitrogens with zero attached hydrogens (tertiary/aromatic N) is 2. The minimum atomic E-state index is -0.0197. The topological polar surface area (TPSA) is 24.9 Å². The molecule has 0 saturated carbocycles. The summed E-state index contributed by atoms with van der Waals surface area (Å²) >= 11 is 0. The monoisotopic (exact) mass is 258 g/mol. The summed E-state index contributed by atoms with van der Waals surface area (Å²) in [5.41, 5.74) is 0. The van der Waals surface area contributed by atoms with E-state index in [2.05, 4.69) is 16.7 Å². The molecular formula is C14H30N2O2. The van der Waals surface area contributed by atoms with Crippen LogP contribution in [-0.2, 0) is 9.47 Å². The van der Waals surface area contributed by atoms with Crippen molar-refractivity contribution >= 4 is 0 Å². The van der Waals surface area contributed by atoms with Crippen molar-refractivity contribution in [2.24, 2.45) is 0 Å². The van der Waals surface area contributed by atoms with Crippen LogP contribution in [0.25, 0.3) is 0 Å². The van der Waals surface area contributed by atoms with Gasteiger partial charge in [-0.25, -0.2) is 0 Å². The van der Waals surface area contributed by atoms with E-state index in [0.717, 1.165) is 26.2 Å². The van der Waals surface area contributed by atoms with Gasteiger partial charge < -0.3 is 19.3 Å². The first-order chi connectivity index (χ1) is 8.80. The number of piperazine rings is 1. The van der Waals surface area contributed by atoms with E-state index in [-0.39, 0.29) is 6.29 Å². The summed E-state index contributed by atoms with van der Waals surface area (Å²) in [6.45, 7) is 14.9. The van der Waals surface area contributed by atoms with Crippen LogP contribution >= 0.6 is 0 Å². The van der Waals surface area contributed by atoms with Crippen LogP contribution < -0.4 is 0 Å². The van der Waals surface area contributed by atoms with Crippen LogP contribution in [0.2, 0.25) is 0 Å². The molecule has 0 aliphatic carbocycles. The molecule has 0 spiro atoms. The highest BCUT2D eigenvalue weighted by atomic mass is 16.7. The van der Waals surface area contributed by atoms with E-state index in [1.54, 1.807) is 0 Å². The third-order valence-corrected chi connectivity index (χ3v) is 3.39. The number of rotatable bonds is 9. The molecule has 108 valence electrons. The maximum Gasteiger partial charge on any atom is 0.158 e. The van der Waals surface area contributed by atoms with Gasteiger partial charge in [-0.3, -0.25) is 0 Å². The summed E-state index contributed by atoms with van der Waals surface area (Å²) in [5, 5.41) is 0. The van der Waals surface area contributed by atoms with Crippen molar-refractivity contribution in [2.75, 3.05) is 52.5 Å². The molecular weight excluding hydrogens is 228 g/mol. The zero-order valence-electron chi connectivity index (χ0n) is 12.4.